The van der Waals surface area contributed by atoms with E-state index in [9.17, 15) is 0 Å². The molecular weight excluding hydrogens is 397 g/mol. The molecule has 0 aromatic rings. The van der Waals surface area contributed by atoms with Gasteiger partial charge in [-0.15, -0.1) is 0 Å². The van der Waals surface area contributed by atoms with E-state index < -0.39 is 0 Å². The first-order valence-corrected chi connectivity index (χ1v) is 9.91. The zero-order valence-corrected chi connectivity index (χ0v) is 31.2. The van der Waals surface area contributed by atoms with E-state index in [4.69, 9.17) is 0 Å². The standard InChI is InChI=1S/C20H42.4K.4H/c1-3-5-7-9-11-13-15-17-19-20-18-16-14-12-10-8-6-4-2;;;;;;;;/h3-20H2,1-2H3;;;;;;;;/q;4*+1;4*-1. The van der Waals surface area contributed by atoms with Crippen molar-refractivity contribution in [2.24, 2.45) is 0 Å². The second kappa shape index (κ2) is 40.0. The van der Waals surface area contributed by atoms with Crippen molar-refractivity contribution in [1.82, 2.24) is 0 Å². The van der Waals surface area contributed by atoms with E-state index >= 15 is 0 Å². The average Bonchev–Trinajstić information content (AvgIpc) is 2.47. The van der Waals surface area contributed by atoms with Crippen LogP contribution in [-0.4, -0.2) is 0 Å². The van der Waals surface area contributed by atoms with Gasteiger partial charge in [-0.1, -0.05) is 129 Å². The molecule has 0 aliphatic rings. The average molecular weight is 443 g/mol. The second-order valence-corrected chi connectivity index (χ2v) is 6.66. The van der Waals surface area contributed by atoms with Gasteiger partial charge >= 0.3 is 206 Å². The number of hydrogen-bond donors (Lipinski definition) is 0. The summed E-state index contributed by atoms with van der Waals surface area (Å²) in [4.78, 5) is 0. The topological polar surface area (TPSA) is 0 Å². The minimum absolute atomic E-state index is 0. The van der Waals surface area contributed by atoms with Crippen LogP contribution in [0.2, 0.25) is 0 Å². The first kappa shape index (κ1) is 40.9. The molecule has 0 aromatic carbocycles. The van der Waals surface area contributed by atoms with Crippen molar-refractivity contribution in [1.29, 1.82) is 0 Å². The summed E-state index contributed by atoms with van der Waals surface area (Å²) >= 11 is 0. The molecule has 0 fully saturated rings. The third-order valence-corrected chi connectivity index (χ3v) is 4.46. The Morgan fingerprint density at radius 2 is 0.417 bits per heavy atom. The van der Waals surface area contributed by atoms with Crippen LogP contribution < -0.4 is 206 Å². The maximum atomic E-state index is 2.30. The Morgan fingerprint density at radius 3 is 0.542 bits per heavy atom. The summed E-state index contributed by atoms with van der Waals surface area (Å²) in [6.45, 7) is 4.59. The van der Waals surface area contributed by atoms with Gasteiger partial charge in [-0.05, 0) is 0 Å². The Morgan fingerprint density at radius 1 is 0.292 bits per heavy atom. The predicted molar refractivity (Wildman–Crippen MR) is 98.9 cm³/mol. The van der Waals surface area contributed by atoms with Gasteiger partial charge in [0.2, 0.25) is 0 Å². The molecule has 0 atom stereocenters. The van der Waals surface area contributed by atoms with Crippen molar-refractivity contribution in [2.75, 3.05) is 0 Å². The molecule has 0 rings (SSSR count). The Bertz CT molecular complexity index is 164. The van der Waals surface area contributed by atoms with Gasteiger partial charge in [0.25, 0.3) is 0 Å². The third kappa shape index (κ3) is 39.1. The Labute approximate surface area is 331 Å². The van der Waals surface area contributed by atoms with Crippen molar-refractivity contribution in [3.8, 4) is 0 Å². The fourth-order valence-corrected chi connectivity index (χ4v) is 2.97. The van der Waals surface area contributed by atoms with Gasteiger partial charge in [0.15, 0.2) is 0 Å². The third-order valence-electron chi connectivity index (χ3n) is 4.46. The molecule has 130 valence electrons. The molecule has 0 aliphatic carbocycles. The molecule has 0 spiro atoms. The molecule has 0 nitrogen and oxygen atoms in total. The molecule has 24 heavy (non-hydrogen) atoms. The number of rotatable bonds is 17. The van der Waals surface area contributed by atoms with Gasteiger partial charge in [0, 0.05) is 0 Å². The van der Waals surface area contributed by atoms with Crippen LogP contribution in [0, 0.1) is 0 Å². The Kier molecular flexibility index (Phi) is 68.0. The minimum Gasteiger partial charge on any atom is -1.00 e. The molecule has 0 heterocycles. The van der Waals surface area contributed by atoms with E-state index in [1.54, 1.807) is 0 Å². The van der Waals surface area contributed by atoms with Crippen LogP contribution >= 0.6 is 0 Å². The summed E-state index contributed by atoms with van der Waals surface area (Å²) in [5, 5.41) is 0. The van der Waals surface area contributed by atoms with Gasteiger partial charge in [-0.2, -0.15) is 0 Å². The van der Waals surface area contributed by atoms with E-state index in [-0.39, 0.29) is 211 Å². The van der Waals surface area contributed by atoms with Crippen molar-refractivity contribution in [3.63, 3.8) is 0 Å². The monoisotopic (exact) mass is 442 g/mol. The quantitative estimate of drug-likeness (QED) is 0.162. The van der Waals surface area contributed by atoms with Crippen LogP contribution in [0.4, 0.5) is 0 Å². The Hall–Kier alpha value is 6.55. The van der Waals surface area contributed by atoms with E-state index in [0.717, 1.165) is 0 Å². The first-order valence-electron chi connectivity index (χ1n) is 9.91. The molecule has 0 N–H and O–H groups in total. The largest absolute Gasteiger partial charge is 1.00 e. The minimum atomic E-state index is 0. The summed E-state index contributed by atoms with van der Waals surface area (Å²) in [5.41, 5.74) is 0. The normalized spacial score (nSPS) is 9.25. The molecule has 0 saturated carbocycles. The summed E-state index contributed by atoms with van der Waals surface area (Å²) in [7, 11) is 0. The van der Waals surface area contributed by atoms with Crippen LogP contribution in [0.3, 0.4) is 0 Å². The molecule has 0 unspecified atom stereocenters. The summed E-state index contributed by atoms with van der Waals surface area (Å²) < 4.78 is 0. The van der Waals surface area contributed by atoms with E-state index in [0.29, 0.717) is 0 Å². The van der Waals surface area contributed by atoms with Crippen molar-refractivity contribution >= 4 is 0 Å². The van der Waals surface area contributed by atoms with Gasteiger partial charge in [0.05, 0.1) is 0 Å². The Balaban J connectivity index is -0.0000000645. The smallest absolute Gasteiger partial charge is 1.00 e. The molecule has 0 aliphatic heterocycles. The summed E-state index contributed by atoms with van der Waals surface area (Å²) in [6.07, 6.45) is 26.4. The van der Waals surface area contributed by atoms with E-state index in [1.165, 1.54) is 116 Å². The van der Waals surface area contributed by atoms with Crippen molar-refractivity contribution < 1.29 is 211 Å². The first-order chi connectivity index (χ1) is 9.91. The SMILES string of the molecule is CCCCCCCCCCCCCCCCCCCC.[H-].[H-].[H-].[H-].[K+].[K+].[K+].[K+]. The molecule has 0 aromatic heterocycles. The fraction of sp³-hybridized carbons (Fsp3) is 1.00. The van der Waals surface area contributed by atoms with Crippen LogP contribution in [0.15, 0.2) is 0 Å². The van der Waals surface area contributed by atoms with Gasteiger partial charge in [-0.3, -0.25) is 0 Å². The predicted octanol–water partition coefficient (Wildman–Crippen LogP) is -3.49. The van der Waals surface area contributed by atoms with Crippen molar-refractivity contribution in [2.45, 2.75) is 129 Å². The molecule has 0 radical (unpaired) electrons. The fourth-order valence-electron chi connectivity index (χ4n) is 2.97. The molecule has 0 amide bonds. The van der Waals surface area contributed by atoms with Crippen LogP contribution in [0.1, 0.15) is 135 Å². The van der Waals surface area contributed by atoms with E-state index in [1.807, 2.05) is 0 Å². The van der Waals surface area contributed by atoms with Gasteiger partial charge in [0.1, 0.15) is 0 Å². The molecule has 0 saturated heterocycles. The summed E-state index contributed by atoms with van der Waals surface area (Å²) in [5.74, 6) is 0. The molecule has 4 heteroatoms. The van der Waals surface area contributed by atoms with Crippen LogP contribution in [0.5, 0.6) is 0 Å². The van der Waals surface area contributed by atoms with Gasteiger partial charge < -0.3 is 5.71 Å². The second-order valence-electron chi connectivity index (χ2n) is 6.66. The van der Waals surface area contributed by atoms with E-state index in [2.05, 4.69) is 13.8 Å². The molecule has 0 bridgehead atoms. The van der Waals surface area contributed by atoms with Gasteiger partial charge in [-0.25, -0.2) is 0 Å². The number of unbranched alkanes of at least 4 members (excludes halogenated alkanes) is 17. The molecular formula is C20H46K4. The zero-order chi connectivity index (χ0) is 14.7. The van der Waals surface area contributed by atoms with Crippen LogP contribution in [-0.2, 0) is 0 Å². The maximum absolute atomic E-state index is 2.30. The van der Waals surface area contributed by atoms with Crippen LogP contribution in [0.25, 0.3) is 0 Å². The maximum Gasteiger partial charge on any atom is 1.00 e. The number of hydrogen-bond acceptors (Lipinski definition) is 0. The summed E-state index contributed by atoms with van der Waals surface area (Å²) in [6, 6.07) is 0. The zero-order valence-electron chi connectivity index (χ0n) is 22.7. The van der Waals surface area contributed by atoms with Crippen molar-refractivity contribution in [3.05, 3.63) is 0 Å².